The van der Waals surface area contributed by atoms with E-state index in [-0.39, 0.29) is 23.2 Å². The first-order chi connectivity index (χ1) is 8.21. The molecule has 0 spiro atoms. The van der Waals surface area contributed by atoms with Crippen LogP contribution in [-0.4, -0.2) is 25.9 Å². The molecule has 0 aliphatic carbocycles. The van der Waals surface area contributed by atoms with Gasteiger partial charge in [0.05, 0.1) is 0 Å². The third kappa shape index (κ3) is 3.04. The van der Waals surface area contributed by atoms with Crippen LogP contribution in [0.1, 0.15) is 0 Å². The van der Waals surface area contributed by atoms with Crippen LogP contribution in [0.25, 0.3) is 10.8 Å². The second kappa shape index (κ2) is 5.06. The summed E-state index contributed by atoms with van der Waals surface area (Å²) in [6.45, 7) is 0. The molecule has 0 aliphatic rings. The Balaban J connectivity index is 0.00000180. The summed E-state index contributed by atoms with van der Waals surface area (Å²) < 4.78 is 62.7. The number of halogens is 1. The summed E-state index contributed by atoms with van der Waals surface area (Å²) in [5.74, 6) is 0. The van der Waals surface area contributed by atoms with Gasteiger partial charge in [-0.25, -0.2) is 0 Å². The fourth-order valence-electron chi connectivity index (χ4n) is 1.70. The number of hydrogen-bond donors (Lipinski definition) is 2. The van der Waals surface area contributed by atoms with E-state index in [9.17, 15) is 16.8 Å². The van der Waals surface area contributed by atoms with Crippen LogP contribution in [0.3, 0.4) is 0 Å². The monoisotopic (exact) mass is 324 g/mol. The van der Waals surface area contributed by atoms with Crippen LogP contribution in [0.4, 0.5) is 0 Å². The summed E-state index contributed by atoms with van der Waals surface area (Å²) in [6.07, 6.45) is 0. The molecule has 9 heteroatoms. The maximum atomic E-state index is 11.2. The summed E-state index contributed by atoms with van der Waals surface area (Å²) in [5, 5.41) is 0.0465. The minimum atomic E-state index is -4.47. The van der Waals surface area contributed by atoms with Gasteiger partial charge < -0.3 is 0 Å². The topological polar surface area (TPSA) is 109 Å². The average Bonchev–Trinajstić information content (AvgIpc) is 2.24. The molecule has 0 atom stereocenters. The lowest BCUT2D eigenvalue weighted by Crippen LogP contribution is -2.02. The lowest BCUT2D eigenvalue weighted by Gasteiger charge is -2.06. The first-order valence-electron chi connectivity index (χ1n) is 4.68. The smallest absolute Gasteiger partial charge is 0.282 e. The molecule has 0 unspecified atom stereocenters. The largest absolute Gasteiger partial charge is 0.295 e. The van der Waals surface area contributed by atoms with E-state index < -0.39 is 30.0 Å². The van der Waals surface area contributed by atoms with Gasteiger partial charge in [-0.05, 0) is 12.1 Å². The van der Waals surface area contributed by atoms with E-state index in [1.54, 1.807) is 0 Å². The summed E-state index contributed by atoms with van der Waals surface area (Å²) in [4.78, 5) is -0.823. The molecular weight excluding hydrogens is 316 g/mol. The quantitative estimate of drug-likeness (QED) is 0.815. The Morgan fingerprint density at radius 2 is 1.00 bits per heavy atom. The zero-order valence-electron chi connectivity index (χ0n) is 9.22. The number of fused-ring (bicyclic) bond motifs is 1. The molecule has 0 saturated carbocycles. The molecule has 104 valence electrons. The third-order valence-corrected chi connectivity index (χ3v) is 4.22. The number of hydrogen-bond acceptors (Lipinski definition) is 4. The molecule has 0 aliphatic heterocycles. The molecule has 0 heterocycles. The van der Waals surface area contributed by atoms with Crippen molar-refractivity contribution in [2.75, 3.05) is 0 Å². The van der Waals surface area contributed by atoms with Gasteiger partial charge in [-0.2, -0.15) is 16.8 Å². The highest BCUT2D eigenvalue weighted by Gasteiger charge is 2.18. The fraction of sp³-hybridized carbons (Fsp3) is 0. The molecule has 6 nitrogen and oxygen atoms in total. The Morgan fingerprint density at radius 1 is 0.684 bits per heavy atom. The van der Waals surface area contributed by atoms with Crippen LogP contribution in [0.2, 0.25) is 0 Å². The van der Waals surface area contributed by atoms with E-state index in [1.807, 2.05) is 0 Å². The Labute approximate surface area is 116 Å². The van der Waals surface area contributed by atoms with Crippen molar-refractivity contribution >= 4 is 43.4 Å². The Bertz CT molecular complexity index is 755. The van der Waals surface area contributed by atoms with Gasteiger partial charge in [-0.15, -0.1) is 12.4 Å². The van der Waals surface area contributed by atoms with Gasteiger partial charge in [-0.1, -0.05) is 24.3 Å². The summed E-state index contributed by atoms with van der Waals surface area (Å²) >= 11 is 0. The van der Waals surface area contributed by atoms with Crippen molar-refractivity contribution in [3.8, 4) is 0 Å². The van der Waals surface area contributed by atoms with Gasteiger partial charge in [0.2, 0.25) is 0 Å². The highest BCUT2D eigenvalue weighted by Crippen LogP contribution is 2.27. The first kappa shape index (κ1) is 15.9. The standard InChI is InChI=1S/C10H8O6S2.ClH/c11-17(12,13)9-5-1-3-7-8(9)4-2-6-10(7)18(14,15)16;/h1-6H,(H,11,12,13)(H,14,15,16);1H. The predicted molar refractivity (Wildman–Crippen MR) is 70.8 cm³/mol. The minimum Gasteiger partial charge on any atom is -0.282 e. The van der Waals surface area contributed by atoms with Crippen LogP contribution in [0, 0.1) is 0 Å². The fourth-order valence-corrected chi connectivity index (χ4v) is 3.12. The summed E-state index contributed by atoms with van der Waals surface area (Å²) in [7, 11) is -8.94. The van der Waals surface area contributed by atoms with Crippen molar-refractivity contribution < 1.29 is 25.9 Å². The van der Waals surface area contributed by atoms with E-state index in [2.05, 4.69) is 0 Å². The van der Waals surface area contributed by atoms with Crippen LogP contribution in [0.5, 0.6) is 0 Å². The Kier molecular flexibility index (Phi) is 4.23. The lowest BCUT2D eigenvalue weighted by molar-refractivity contribution is 0.481. The van der Waals surface area contributed by atoms with Gasteiger partial charge in [0, 0.05) is 10.8 Å². The molecule has 2 N–H and O–H groups in total. The van der Waals surface area contributed by atoms with Crippen LogP contribution < -0.4 is 0 Å². The maximum Gasteiger partial charge on any atom is 0.295 e. The highest BCUT2D eigenvalue weighted by molar-refractivity contribution is 7.86. The average molecular weight is 325 g/mol. The molecule has 0 fully saturated rings. The number of benzene rings is 2. The van der Waals surface area contributed by atoms with Crippen LogP contribution in [0.15, 0.2) is 46.2 Å². The minimum absolute atomic E-state index is 0. The maximum absolute atomic E-state index is 11.2. The molecule has 2 rings (SSSR count). The van der Waals surface area contributed by atoms with E-state index in [1.165, 1.54) is 24.3 Å². The molecule has 0 amide bonds. The normalized spacial score (nSPS) is 12.1. The molecule has 19 heavy (non-hydrogen) atoms. The van der Waals surface area contributed by atoms with Gasteiger partial charge in [0.15, 0.2) is 0 Å². The third-order valence-electron chi connectivity index (χ3n) is 2.40. The Morgan fingerprint density at radius 3 is 1.26 bits per heavy atom. The summed E-state index contributed by atoms with van der Waals surface area (Å²) in [5.41, 5.74) is 0. The van der Waals surface area contributed by atoms with Crippen molar-refractivity contribution in [1.82, 2.24) is 0 Å². The molecule has 2 aromatic carbocycles. The van der Waals surface area contributed by atoms with Gasteiger partial charge in [-0.3, -0.25) is 9.11 Å². The zero-order chi connectivity index (χ0) is 13.6. The number of rotatable bonds is 2. The second-order valence-electron chi connectivity index (χ2n) is 3.56. The first-order valence-corrected chi connectivity index (χ1v) is 7.56. The summed E-state index contributed by atoms with van der Waals surface area (Å²) in [6, 6.07) is 7.53. The van der Waals surface area contributed by atoms with E-state index in [0.717, 1.165) is 12.1 Å². The van der Waals surface area contributed by atoms with E-state index in [4.69, 9.17) is 9.11 Å². The van der Waals surface area contributed by atoms with E-state index in [0.29, 0.717) is 0 Å². The molecule has 0 bridgehead atoms. The Hall–Kier alpha value is -1.19. The van der Waals surface area contributed by atoms with Crippen LogP contribution in [-0.2, 0) is 20.2 Å². The molecule has 0 saturated heterocycles. The SMILES string of the molecule is Cl.O=S(=O)(O)c1cccc2c(S(=O)(=O)O)cccc12. The predicted octanol–water partition coefficient (Wildman–Crippen LogP) is 1.76. The van der Waals surface area contributed by atoms with Crippen molar-refractivity contribution in [2.45, 2.75) is 9.79 Å². The van der Waals surface area contributed by atoms with E-state index >= 15 is 0 Å². The second-order valence-corrected chi connectivity index (χ2v) is 6.34. The van der Waals surface area contributed by atoms with Crippen LogP contribution >= 0.6 is 12.4 Å². The molecule has 0 radical (unpaired) electrons. The molecule has 2 aromatic rings. The van der Waals surface area contributed by atoms with Gasteiger partial charge in [0.25, 0.3) is 20.2 Å². The van der Waals surface area contributed by atoms with Crippen molar-refractivity contribution in [2.24, 2.45) is 0 Å². The lowest BCUT2D eigenvalue weighted by atomic mass is 10.1. The van der Waals surface area contributed by atoms with Crippen molar-refractivity contribution in [3.05, 3.63) is 36.4 Å². The van der Waals surface area contributed by atoms with Gasteiger partial charge >= 0.3 is 0 Å². The molecular formula is C10H9ClO6S2. The van der Waals surface area contributed by atoms with Crippen molar-refractivity contribution in [1.29, 1.82) is 0 Å². The van der Waals surface area contributed by atoms with Crippen molar-refractivity contribution in [3.63, 3.8) is 0 Å². The highest BCUT2D eigenvalue weighted by atomic mass is 35.5. The molecule has 0 aromatic heterocycles. The zero-order valence-corrected chi connectivity index (χ0v) is 11.7. The van der Waals surface area contributed by atoms with Gasteiger partial charge in [0.1, 0.15) is 9.79 Å².